The maximum Gasteiger partial charge on any atom is 0.302 e. The first-order valence-electron chi connectivity index (χ1n) is 9.34. The van der Waals surface area contributed by atoms with Crippen LogP contribution in [0, 0.1) is 29.1 Å². The summed E-state index contributed by atoms with van der Waals surface area (Å²) >= 11 is 0. The Morgan fingerprint density at radius 2 is 1.96 bits per heavy atom. The molecule has 4 rings (SSSR count). The zero-order valence-electron chi connectivity index (χ0n) is 14.5. The van der Waals surface area contributed by atoms with E-state index < -0.39 is 0 Å². The van der Waals surface area contributed by atoms with Crippen LogP contribution in [0.4, 0.5) is 0 Å². The van der Waals surface area contributed by atoms with Crippen LogP contribution in [0.5, 0.6) is 0 Å². The minimum atomic E-state index is -0.326. The lowest BCUT2D eigenvalue weighted by Gasteiger charge is -2.54. The highest BCUT2D eigenvalue weighted by Crippen LogP contribution is 2.61. The van der Waals surface area contributed by atoms with Crippen molar-refractivity contribution < 1.29 is 19.1 Å². The van der Waals surface area contributed by atoms with E-state index in [-0.39, 0.29) is 29.2 Å². The Bertz CT molecular complexity index is 634. The second-order valence-electron chi connectivity index (χ2n) is 8.45. The van der Waals surface area contributed by atoms with Crippen molar-refractivity contribution in [1.29, 1.82) is 0 Å². The maximum absolute atomic E-state index is 12.6. The molecule has 0 amide bonds. The Kier molecular flexibility index (Phi) is 3.70. The topological polar surface area (TPSA) is 60.4 Å². The van der Waals surface area contributed by atoms with Gasteiger partial charge in [0.25, 0.3) is 0 Å². The zero-order chi connectivity index (χ0) is 17.1. The number of allylic oxidation sites excluding steroid dienone is 1. The summed E-state index contributed by atoms with van der Waals surface area (Å²) in [4.78, 5) is 36.1. The number of hydrogen-bond donors (Lipinski definition) is 0. The molecule has 0 aromatic rings. The molecule has 130 valence electrons. The molecule has 4 heteroatoms. The van der Waals surface area contributed by atoms with Gasteiger partial charge in [0.15, 0.2) is 5.78 Å². The standard InChI is InChI=1S/C20H26O4/c1-11(21)24-17-10-20(2)16(7-8-18(20)23)15-5-3-12-9-13(22)4-6-14(12)19(15)17/h9,14-17,19H,3-8,10H2,1-2H3/t14?,15?,16?,17-,19?,20+/m1/s1. The van der Waals surface area contributed by atoms with E-state index in [2.05, 4.69) is 6.92 Å². The van der Waals surface area contributed by atoms with Crippen LogP contribution in [-0.4, -0.2) is 23.6 Å². The molecule has 0 bridgehead atoms. The monoisotopic (exact) mass is 330 g/mol. The summed E-state index contributed by atoms with van der Waals surface area (Å²) in [6, 6.07) is 0. The molecule has 4 unspecified atom stereocenters. The average Bonchev–Trinajstić information content (AvgIpc) is 2.81. The van der Waals surface area contributed by atoms with Gasteiger partial charge in [0.05, 0.1) is 0 Å². The quantitative estimate of drug-likeness (QED) is 0.693. The number of Topliss-reactive ketones (excluding diaryl/α,β-unsaturated/α-hetero) is 1. The van der Waals surface area contributed by atoms with Gasteiger partial charge in [0.1, 0.15) is 11.9 Å². The molecular formula is C20H26O4. The fourth-order valence-corrected chi connectivity index (χ4v) is 6.33. The van der Waals surface area contributed by atoms with E-state index in [9.17, 15) is 14.4 Å². The van der Waals surface area contributed by atoms with Gasteiger partial charge in [-0.2, -0.15) is 0 Å². The summed E-state index contributed by atoms with van der Waals surface area (Å²) in [5.41, 5.74) is 0.935. The van der Waals surface area contributed by atoms with Crippen LogP contribution in [0.2, 0.25) is 0 Å². The highest BCUT2D eigenvalue weighted by atomic mass is 16.5. The highest BCUT2D eigenvalue weighted by molar-refractivity contribution is 5.91. The van der Waals surface area contributed by atoms with Gasteiger partial charge in [-0.25, -0.2) is 0 Å². The molecule has 0 spiro atoms. The first-order valence-corrected chi connectivity index (χ1v) is 9.34. The van der Waals surface area contributed by atoms with E-state index >= 15 is 0 Å². The molecule has 0 aromatic heterocycles. The summed E-state index contributed by atoms with van der Waals surface area (Å²) in [6.45, 7) is 3.55. The molecule has 4 aliphatic rings. The van der Waals surface area contributed by atoms with Gasteiger partial charge >= 0.3 is 5.97 Å². The molecule has 0 heterocycles. The Morgan fingerprint density at radius 3 is 2.71 bits per heavy atom. The van der Waals surface area contributed by atoms with Crippen LogP contribution in [0.15, 0.2) is 11.6 Å². The van der Waals surface area contributed by atoms with Crippen molar-refractivity contribution in [3.05, 3.63) is 11.6 Å². The second kappa shape index (κ2) is 5.53. The summed E-state index contributed by atoms with van der Waals surface area (Å²) in [7, 11) is 0. The molecule has 24 heavy (non-hydrogen) atoms. The Hall–Kier alpha value is -1.45. The third-order valence-corrected chi connectivity index (χ3v) is 7.28. The predicted octanol–water partition coefficient (Wildman–Crippen LogP) is 3.24. The summed E-state index contributed by atoms with van der Waals surface area (Å²) < 4.78 is 5.75. The minimum absolute atomic E-state index is 0.183. The highest BCUT2D eigenvalue weighted by Gasteiger charge is 2.60. The molecule has 4 nitrogen and oxygen atoms in total. The SMILES string of the molecule is CC(=O)O[C@@H]1C[C@]2(C)C(=O)CCC2C2CCC3=CC(=O)CCC3C21. The van der Waals surface area contributed by atoms with Gasteiger partial charge in [-0.05, 0) is 55.9 Å². The van der Waals surface area contributed by atoms with Crippen molar-refractivity contribution in [3.63, 3.8) is 0 Å². The predicted molar refractivity (Wildman–Crippen MR) is 88.0 cm³/mol. The fourth-order valence-electron chi connectivity index (χ4n) is 6.33. The van der Waals surface area contributed by atoms with E-state index in [0.29, 0.717) is 42.8 Å². The van der Waals surface area contributed by atoms with Crippen molar-refractivity contribution in [3.8, 4) is 0 Å². The summed E-state index contributed by atoms with van der Waals surface area (Å²) in [6.07, 6.45) is 7.44. The molecular weight excluding hydrogens is 304 g/mol. The lowest BCUT2D eigenvalue weighted by Crippen LogP contribution is -2.54. The number of carbonyl (C=O) groups is 3. The lowest BCUT2D eigenvalue weighted by molar-refractivity contribution is -0.168. The molecule has 3 fully saturated rings. The van der Waals surface area contributed by atoms with Crippen LogP contribution in [0.3, 0.4) is 0 Å². The Labute approximate surface area is 143 Å². The number of esters is 1. The molecule has 0 radical (unpaired) electrons. The minimum Gasteiger partial charge on any atom is -0.462 e. The van der Waals surface area contributed by atoms with E-state index in [1.54, 1.807) is 0 Å². The van der Waals surface area contributed by atoms with Gasteiger partial charge in [-0.3, -0.25) is 14.4 Å². The van der Waals surface area contributed by atoms with Crippen LogP contribution in [0.1, 0.15) is 58.8 Å². The molecule has 4 aliphatic carbocycles. The molecule has 0 N–H and O–H groups in total. The maximum atomic E-state index is 12.6. The van der Waals surface area contributed by atoms with E-state index in [1.807, 2.05) is 6.08 Å². The third kappa shape index (κ3) is 2.29. The largest absolute Gasteiger partial charge is 0.462 e. The lowest BCUT2D eigenvalue weighted by atomic mass is 9.51. The first-order chi connectivity index (χ1) is 11.4. The van der Waals surface area contributed by atoms with Gasteiger partial charge < -0.3 is 4.74 Å². The smallest absolute Gasteiger partial charge is 0.302 e. The van der Waals surface area contributed by atoms with Crippen molar-refractivity contribution in [2.24, 2.45) is 29.1 Å². The van der Waals surface area contributed by atoms with E-state index in [1.165, 1.54) is 12.5 Å². The number of fused-ring (bicyclic) bond motifs is 5. The normalized spacial score (nSPS) is 44.2. The van der Waals surface area contributed by atoms with Gasteiger partial charge in [-0.1, -0.05) is 12.5 Å². The molecule has 6 atom stereocenters. The van der Waals surface area contributed by atoms with Crippen LogP contribution < -0.4 is 0 Å². The van der Waals surface area contributed by atoms with Crippen LogP contribution in [-0.2, 0) is 19.1 Å². The van der Waals surface area contributed by atoms with Crippen molar-refractivity contribution in [1.82, 2.24) is 0 Å². The van der Waals surface area contributed by atoms with Gasteiger partial charge in [0, 0.05) is 31.1 Å². The summed E-state index contributed by atoms with van der Waals surface area (Å²) in [5.74, 6) is 1.82. The number of rotatable bonds is 1. The van der Waals surface area contributed by atoms with Crippen molar-refractivity contribution >= 4 is 17.5 Å². The zero-order valence-corrected chi connectivity index (χ0v) is 14.5. The second-order valence-corrected chi connectivity index (χ2v) is 8.45. The summed E-state index contributed by atoms with van der Waals surface area (Å²) in [5, 5.41) is 0. The Morgan fingerprint density at radius 1 is 1.17 bits per heavy atom. The van der Waals surface area contributed by atoms with E-state index in [0.717, 1.165) is 25.7 Å². The number of ketones is 2. The number of ether oxygens (including phenoxy) is 1. The van der Waals surface area contributed by atoms with Gasteiger partial charge in [0.2, 0.25) is 0 Å². The fraction of sp³-hybridized carbons (Fsp3) is 0.750. The number of hydrogen-bond acceptors (Lipinski definition) is 4. The van der Waals surface area contributed by atoms with Crippen molar-refractivity contribution in [2.45, 2.75) is 64.9 Å². The molecule has 0 aromatic carbocycles. The van der Waals surface area contributed by atoms with Crippen LogP contribution >= 0.6 is 0 Å². The molecule has 3 saturated carbocycles. The van der Waals surface area contributed by atoms with Gasteiger partial charge in [-0.15, -0.1) is 0 Å². The third-order valence-electron chi connectivity index (χ3n) is 7.28. The van der Waals surface area contributed by atoms with Crippen molar-refractivity contribution in [2.75, 3.05) is 0 Å². The first kappa shape index (κ1) is 16.0. The Balaban J connectivity index is 1.72. The molecule has 0 saturated heterocycles. The van der Waals surface area contributed by atoms with E-state index in [4.69, 9.17) is 4.74 Å². The molecule has 0 aliphatic heterocycles. The number of carbonyl (C=O) groups excluding carboxylic acids is 3. The average molecular weight is 330 g/mol. The van der Waals surface area contributed by atoms with Crippen LogP contribution in [0.25, 0.3) is 0 Å².